The van der Waals surface area contributed by atoms with E-state index in [2.05, 4.69) is 11.2 Å². The maximum atomic E-state index is 6.13. The SMILES string of the molecule is COc1cnn(C)c1C1=CC(Cl)CCC1. The number of rotatable bonds is 2. The molecular weight excluding hydrogens is 212 g/mol. The van der Waals surface area contributed by atoms with Gasteiger partial charge >= 0.3 is 0 Å². The second kappa shape index (κ2) is 4.27. The van der Waals surface area contributed by atoms with Crippen molar-refractivity contribution >= 4 is 17.2 Å². The van der Waals surface area contributed by atoms with Crippen LogP contribution in [0.25, 0.3) is 5.57 Å². The molecule has 0 saturated carbocycles. The monoisotopic (exact) mass is 226 g/mol. The first-order chi connectivity index (χ1) is 7.22. The summed E-state index contributed by atoms with van der Waals surface area (Å²) in [6, 6.07) is 0. The van der Waals surface area contributed by atoms with Gasteiger partial charge in [-0.15, -0.1) is 11.6 Å². The summed E-state index contributed by atoms with van der Waals surface area (Å²) in [7, 11) is 3.60. The summed E-state index contributed by atoms with van der Waals surface area (Å²) in [5.41, 5.74) is 2.31. The van der Waals surface area contributed by atoms with Crippen molar-refractivity contribution in [2.45, 2.75) is 24.6 Å². The Hall–Kier alpha value is -0.960. The quantitative estimate of drug-likeness (QED) is 0.725. The van der Waals surface area contributed by atoms with Crippen LogP contribution in [-0.2, 0) is 7.05 Å². The summed E-state index contributed by atoms with van der Waals surface area (Å²) in [5, 5.41) is 4.34. The Morgan fingerprint density at radius 3 is 3.07 bits per heavy atom. The van der Waals surface area contributed by atoms with E-state index in [4.69, 9.17) is 16.3 Å². The van der Waals surface area contributed by atoms with Crippen LogP contribution in [0.5, 0.6) is 5.75 Å². The van der Waals surface area contributed by atoms with Crippen molar-refractivity contribution in [3.05, 3.63) is 18.0 Å². The van der Waals surface area contributed by atoms with E-state index in [1.807, 2.05) is 11.7 Å². The van der Waals surface area contributed by atoms with Crippen molar-refractivity contribution in [3.63, 3.8) is 0 Å². The molecule has 0 aliphatic heterocycles. The van der Waals surface area contributed by atoms with Gasteiger partial charge in [-0.25, -0.2) is 0 Å². The summed E-state index contributed by atoms with van der Waals surface area (Å²) >= 11 is 6.13. The Balaban J connectivity index is 2.39. The van der Waals surface area contributed by atoms with Crippen LogP contribution in [0.3, 0.4) is 0 Å². The Kier molecular flexibility index (Phi) is 3.00. The molecule has 15 heavy (non-hydrogen) atoms. The highest BCUT2D eigenvalue weighted by Crippen LogP contribution is 2.33. The van der Waals surface area contributed by atoms with Gasteiger partial charge in [0.15, 0.2) is 5.75 Å². The molecular formula is C11H15ClN2O. The molecule has 0 amide bonds. The Bertz CT molecular complexity index is 384. The predicted molar refractivity (Wildman–Crippen MR) is 61.2 cm³/mol. The number of halogens is 1. The van der Waals surface area contributed by atoms with Crippen LogP contribution in [0.15, 0.2) is 12.3 Å². The molecule has 0 radical (unpaired) electrons. The first-order valence-electron chi connectivity index (χ1n) is 5.13. The predicted octanol–water partition coefficient (Wildman–Crippen LogP) is 2.60. The van der Waals surface area contributed by atoms with Gasteiger partial charge in [-0.05, 0) is 24.8 Å². The van der Waals surface area contributed by atoms with Gasteiger partial charge < -0.3 is 4.74 Å². The molecule has 0 saturated heterocycles. The third-order valence-electron chi connectivity index (χ3n) is 2.74. The van der Waals surface area contributed by atoms with Gasteiger partial charge in [0.1, 0.15) is 5.69 Å². The lowest BCUT2D eigenvalue weighted by molar-refractivity contribution is 0.412. The van der Waals surface area contributed by atoms with Crippen LogP contribution in [0.4, 0.5) is 0 Å². The summed E-state index contributed by atoms with van der Waals surface area (Å²) < 4.78 is 7.13. The number of aromatic nitrogens is 2. The summed E-state index contributed by atoms with van der Waals surface area (Å²) in [5.74, 6) is 0.828. The molecule has 1 unspecified atom stereocenters. The Morgan fingerprint density at radius 1 is 1.60 bits per heavy atom. The minimum absolute atomic E-state index is 0.147. The molecule has 1 aliphatic carbocycles. The van der Waals surface area contributed by atoms with Crippen molar-refractivity contribution in [1.82, 2.24) is 9.78 Å². The average molecular weight is 227 g/mol. The van der Waals surface area contributed by atoms with Crippen LogP contribution in [-0.4, -0.2) is 22.3 Å². The first-order valence-corrected chi connectivity index (χ1v) is 5.57. The second-order valence-electron chi connectivity index (χ2n) is 3.79. The van der Waals surface area contributed by atoms with Crippen molar-refractivity contribution < 1.29 is 4.74 Å². The van der Waals surface area contributed by atoms with Crippen molar-refractivity contribution in [3.8, 4) is 5.75 Å². The Morgan fingerprint density at radius 2 is 2.40 bits per heavy atom. The summed E-state index contributed by atoms with van der Waals surface area (Å²) in [6.45, 7) is 0. The maximum Gasteiger partial charge on any atom is 0.164 e. The zero-order chi connectivity index (χ0) is 10.8. The molecule has 0 aromatic carbocycles. The van der Waals surface area contributed by atoms with Crippen molar-refractivity contribution in [2.75, 3.05) is 7.11 Å². The van der Waals surface area contributed by atoms with Gasteiger partial charge in [-0.2, -0.15) is 5.10 Å². The number of methoxy groups -OCH3 is 1. The van der Waals surface area contributed by atoms with Crippen LogP contribution in [0.2, 0.25) is 0 Å². The fourth-order valence-corrected chi connectivity index (χ4v) is 2.31. The van der Waals surface area contributed by atoms with Gasteiger partial charge in [-0.1, -0.05) is 6.08 Å². The van der Waals surface area contributed by atoms with Crippen molar-refractivity contribution in [2.24, 2.45) is 7.05 Å². The highest BCUT2D eigenvalue weighted by Gasteiger charge is 2.18. The first kappa shape index (κ1) is 10.6. The molecule has 0 N–H and O–H groups in total. The van der Waals surface area contributed by atoms with Gasteiger partial charge in [0.05, 0.1) is 18.7 Å². The molecule has 1 aromatic heterocycles. The van der Waals surface area contributed by atoms with Crippen LogP contribution in [0.1, 0.15) is 25.0 Å². The van der Waals surface area contributed by atoms with E-state index in [1.165, 1.54) is 5.57 Å². The number of hydrogen-bond acceptors (Lipinski definition) is 2. The van der Waals surface area contributed by atoms with Crippen LogP contribution >= 0.6 is 11.6 Å². The largest absolute Gasteiger partial charge is 0.493 e. The second-order valence-corrected chi connectivity index (χ2v) is 4.35. The van der Waals surface area contributed by atoms with E-state index in [1.54, 1.807) is 13.3 Å². The zero-order valence-corrected chi connectivity index (χ0v) is 9.79. The number of ether oxygens (including phenoxy) is 1. The number of nitrogens with zero attached hydrogens (tertiary/aromatic N) is 2. The van der Waals surface area contributed by atoms with E-state index in [-0.39, 0.29) is 5.38 Å². The van der Waals surface area contributed by atoms with E-state index in [0.29, 0.717) is 0 Å². The highest BCUT2D eigenvalue weighted by molar-refractivity contribution is 6.22. The lowest BCUT2D eigenvalue weighted by Gasteiger charge is -2.17. The van der Waals surface area contributed by atoms with E-state index in [0.717, 1.165) is 30.7 Å². The van der Waals surface area contributed by atoms with Crippen LogP contribution < -0.4 is 4.74 Å². The third kappa shape index (κ3) is 2.02. The lowest BCUT2D eigenvalue weighted by atomic mass is 9.96. The van der Waals surface area contributed by atoms with E-state index >= 15 is 0 Å². The molecule has 0 bridgehead atoms. The number of alkyl halides is 1. The van der Waals surface area contributed by atoms with Gasteiger partial charge in [-0.3, -0.25) is 4.68 Å². The minimum atomic E-state index is 0.147. The standard InChI is InChI=1S/C11H15ClN2O/c1-14-11(10(15-2)7-13-14)8-4-3-5-9(12)6-8/h6-7,9H,3-5H2,1-2H3. The lowest BCUT2D eigenvalue weighted by Crippen LogP contribution is -2.07. The molecule has 1 aliphatic rings. The summed E-state index contributed by atoms with van der Waals surface area (Å²) in [6.07, 6.45) is 7.11. The molecule has 0 fully saturated rings. The fraction of sp³-hybridized carbons (Fsp3) is 0.545. The molecule has 2 rings (SSSR count). The molecule has 4 heteroatoms. The third-order valence-corrected chi connectivity index (χ3v) is 3.08. The zero-order valence-electron chi connectivity index (χ0n) is 9.03. The van der Waals surface area contributed by atoms with Gasteiger partial charge in [0.25, 0.3) is 0 Å². The van der Waals surface area contributed by atoms with Gasteiger partial charge in [0, 0.05) is 7.05 Å². The minimum Gasteiger partial charge on any atom is -0.493 e. The smallest absolute Gasteiger partial charge is 0.164 e. The summed E-state index contributed by atoms with van der Waals surface area (Å²) in [4.78, 5) is 0. The molecule has 82 valence electrons. The molecule has 1 aromatic rings. The van der Waals surface area contributed by atoms with Crippen LogP contribution in [0, 0.1) is 0 Å². The number of hydrogen-bond donors (Lipinski definition) is 0. The molecule has 3 nitrogen and oxygen atoms in total. The van der Waals surface area contributed by atoms with E-state index in [9.17, 15) is 0 Å². The maximum absolute atomic E-state index is 6.13. The topological polar surface area (TPSA) is 27.1 Å². The van der Waals surface area contributed by atoms with Crippen molar-refractivity contribution in [1.29, 1.82) is 0 Å². The number of allylic oxidation sites excluding steroid dienone is 2. The molecule has 0 spiro atoms. The molecule has 1 atom stereocenters. The average Bonchev–Trinajstić information content (AvgIpc) is 2.59. The number of aryl methyl sites for hydroxylation is 1. The highest BCUT2D eigenvalue weighted by atomic mass is 35.5. The van der Waals surface area contributed by atoms with E-state index < -0.39 is 0 Å². The molecule has 1 heterocycles. The fourth-order valence-electron chi connectivity index (χ4n) is 2.00. The van der Waals surface area contributed by atoms with Gasteiger partial charge in [0.2, 0.25) is 0 Å². The normalized spacial score (nSPS) is 21.3. The Labute approximate surface area is 94.7 Å².